The Kier molecular flexibility index (Phi) is 8.47. The number of anilines is 3. The summed E-state index contributed by atoms with van der Waals surface area (Å²) in [7, 11) is 0. The molecule has 0 heterocycles. The zero-order chi connectivity index (χ0) is 41.0. The highest BCUT2D eigenvalue weighted by Crippen LogP contribution is 2.57. The lowest BCUT2D eigenvalue weighted by atomic mass is 9.67. The largest absolute Gasteiger partial charge is 0.310 e. The molecular weight excluding hydrogens is 747 g/mol. The third-order valence-electron chi connectivity index (χ3n) is 13.1. The number of benzene rings is 11. The lowest BCUT2D eigenvalue weighted by Gasteiger charge is -2.35. The molecule has 290 valence electrons. The van der Waals surface area contributed by atoms with Gasteiger partial charge >= 0.3 is 0 Å². The van der Waals surface area contributed by atoms with Gasteiger partial charge < -0.3 is 4.90 Å². The molecule has 0 bridgehead atoms. The zero-order valence-electron chi connectivity index (χ0n) is 34.1. The summed E-state index contributed by atoms with van der Waals surface area (Å²) in [4.78, 5) is 2.48. The topological polar surface area (TPSA) is 3.24 Å². The van der Waals surface area contributed by atoms with Crippen LogP contribution in [0.3, 0.4) is 0 Å². The van der Waals surface area contributed by atoms with Crippen molar-refractivity contribution < 1.29 is 0 Å². The molecule has 0 N–H and O–H groups in total. The molecule has 12 rings (SSSR count). The van der Waals surface area contributed by atoms with Gasteiger partial charge in [-0.2, -0.15) is 0 Å². The van der Waals surface area contributed by atoms with E-state index in [2.05, 4.69) is 254 Å². The van der Waals surface area contributed by atoms with E-state index in [9.17, 15) is 0 Å². The van der Waals surface area contributed by atoms with Crippen molar-refractivity contribution in [3.05, 3.63) is 271 Å². The van der Waals surface area contributed by atoms with Crippen LogP contribution in [0.1, 0.15) is 22.3 Å². The Bertz CT molecular complexity index is 3410. The third kappa shape index (κ3) is 5.63. The van der Waals surface area contributed by atoms with Crippen molar-refractivity contribution in [1.29, 1.82) is 0 Å². The van der Waals surface area contributed by atoms with Crippen LogP contribution in [0.2, 0.25) is 0 Å². The third-order valence-corrected chi connectivity index (χ3v) is 13.1. The van der Waals surface area contributed by atoms with Gasteiger partial charge in [-0.15, -0.1) is 0 Å². The van der Waals surface area contributed by atoms with Crippen LogP contribution in [0.4, 0.5) is 17.1 Å². The molecule has 0 saturated heterocycles. The number of hydrogen-bond donors (Lipinski definition) is 0. The summed E-state index contributed by atoms with van der Waals surface area (Å²) in [5.74, 6) is 0. The molecule has 0 spiro atoms. The average Bonchev–Trinajstić information content (AvgIpc) is 3.65. The van der Waals surface area contributed by atoms with Gasteiger partial charge in [-0.1, -0.05) is 212 Å². The Labute approximate surface area is 362 Å². The molecule has 0 radical (unpaired) electrons. The molecule has 0 saturated carbocycles. The van der Waals surface area contributed by atoms with Crippen molar-refractivity contribution in [2.45, 2.75) is 5.41 Å². The molecule has 0 unspecified atom stereocenters. The summed E-state index contributed by atoms with van der Waals surface area (Å²) >= 11 is 0. The van der Waals surface area contributed by atoms with Crippen LogP contribution >= 0.6 is 0 Å². The first-order valence-electron chi connectivity index (χ1n) is 21.5. The lowest BCUT2D eigenvalue weighted by molar-refractivity contribution is 0.768. The van der Waals surface area contributed by atoms with Gasteiger partial charge in [0.15, 0.2) is 0 Å². The summed E-state index contributed by atoms with van der Waals surface area (Å²) in [5, 5.41) is 7.43. The second-order valence-corrected chi connectivity index (χ2v) is 16.4. The summed E-state index contributed by atoms with van der Waals surface area (Å²) in [6.45, 7) is 0. The van der Waals surface area contributed by atoms with Crippen LogP contribution in [0, 0.1) is 0 Å². The molecule has 0 aromatic heterocycles. The van der Waals surface area contributed by atoms with Crippen molar-refractivity contribution in [3.63, 3.8) is 0 Å². The fraction of sp³-hybridized carbons (Fsp3) is 0.0164. The van der Waals surface area contributed by atoms with Crippen molar-refractivity contribution in [2.75, 3.05) is 4.90 Å². The minimum Gasteiger partial charge on any atom is -0.310 e. The number of hydrogen-bond acceptors (Lipinski definition) is 1. The highest BCUT2D eigenvalue weighted by molar-refractivity contribution is 6.14. The van der Waals surface area contributed by atoms with Crippen molar-refractivity contribution in [3.8, 4) is 33.4 Å². The van der Waals surface area contributed by atoms with E-state index >= 15 is 0 Å². The second-order valence-electron chi connectivity index (χ2n) is 16.4. The molecule has 0 aliphatic heterocycles. The zero-order valence-corrected chi connectivity index (χ0v) is 34.1. The molecule has 11 aromatic rings. The van der Waals surface area contributed by atoms with Gasteiger partial charge in [-0.25, -0.2) is 0 Å². The number of nitrogens with zero attached hydrogens (tertiary/aromatic N) is 1. The number of fused-ring (bicyclic) bond motifs is 7. The lowest BCUT2D eigenvalue weighted by Crippen LogP contribution is -2.28. The van der Waals surface area contributed by atoms with E-state index in [1.165, 1.54) is 88.0 Å². The van der Waals surface area contributed by atoms with E-state index in [1.807, 2.05) is 0 Å². The van der Waals surface area contributed by atoms with Crippen molar-refractivity contribution >= 4 is 49.4 Å². The van der Waals surface area contributed by atoms with E-state index in [-0.39, 0.29) is 0 Å². The van der Waals surface area contributed by atoms with Gasteiger partial charge in [0.25, 0.3) is 0 Å². The summed E-state index contributed by atoms with van der Waals surface area (Å²) in [6, 6.07) is 91.7. The van der Waals surface area contributed by atoms with E-state index in [0.29, 0.717) is 0 Å². The van der Waals surface area contributed by atoms with Crippen LogP contribution in [-0.2, 0) is 5.41 Å². The van der Waals surface area contributed by atoms with Crippen LogP contribution in [-0.4, -0.2) is 0 Å². The van der Waals surface area contributed by atoms with Crippen LogP contribution in [0.5, 0.6) is 0 Å². The first-order chi connectivity index (χ1) is 30.8. The highest BCUT2D eigenvalue weighted by Gasteiger charge is 2.46. The van der Waals surface area contributed by atoms with Crippen LogP contribution in [0.25, 0.3) is 65.7 Å². The second kappa shape index (κ2) is 14.6. The summed E-state index contributed by atoms with van der Waals surface area (Å²) < 4.78 is 0. The Morgan fingerprint density at radius 2 is 0.823 bits per heavy atom. The predicted molar refractivity (Wildman–Crippen MR) is 262 cm³/mol. The predicted octanol–water partition coefficient (Wildman–Crippen LogP) is 16.3. The Hall–Kier alpha value is -8.00. The molecule has 0 amide bonds. The van der Waals surface area contributed by atoms with E-state index in [4.69, 9.17) is 0 Å². The molecule has 0 fully saturated rings. The van der Waals surface area contributed by atoms with Crippen LogP contribution in [0.15, 0.2) is 249 Å². The maximum absolute atomic E-state index is 2.48. The Morgan fingerprint density at radius 3 is 1.60 bits per heavy atom. The van der Waals surface area contributed by atoms with Crippen molar-refractivity contribution in [1.82, 2.24) is 0 Å². The van der Waals surface area contributed by atoms with Crippen LogP contribution < -0.4 is 4.90 Å². The molecular formula is C61H41N. The standard InChI is InChI=1S/C61H41N/c1-3-22-47(23-4-1)61(48-24-5-2-6-25-48)58-32-14-13-29-55(58)56-38-37-50(41-59(56)61)62(60-40-46-18-8-10-27-53(46)54-28-11-12-30-57(54)60)49-35-33-42(34-36-49)44-20-15-21-45(39-44)52-31-16-19-43-17-7-9-26-51(43)52/h1-41H. The Morgan fingerprint density at radius 1 is 0.274 bits per heavy atom. The molecule has 0 atom stereocenters. The van der Waals surface area contributed by atoms with E-state index in [0.717, 1.165) is 17.1 Å². The van der Waals surface area contributed by atoms with Gasteiger partial charge in [0.2, 0.25) is 0 Å². The maximum atomic E-state index is 2.48. The average molecular weight is 788 g/mol. The maximum Gasteiger partial charge on any atom is 0.0714 e. The minimum absolute atomic E-state index is 0.513. The van der Waals surface area contributed by atoms with E-state index in [1.54, 1.807) is 0 Å². The number of rotatable bonds is 7. The molecule has 62 heavy (non-hydrogen) atoms. The van der Waals surface area contributed by atoms with Gasteiger partial charge in [0.05, 0.1) is 11.1 Å². The van der Waals surface area contributed by atoms with Gasteiger partial charge in [0, 0.05) is 16.8 Å². The van der Waals surface area contributed by atoms with Crippen molar-refractivity contribution in [2.24, 2.45) is 0 Å². The SMILES string of the molecule is c1ccc(C2(c3ccccc3)c3ccccc3-c3ccc(N(c4ccc(-c5cccc(-c6cccc7ccccc67)c5)cc4)c4cc5ccccc5c5ccccc45)cc32)cc1. The smallest absolute Gasteiger partial charge is 0.0714 e. The molecule has 11 aromatic carbocycles. The van der Waals surface area contributed by atoms with Gasteiger partial charge in [0.1, 0.15) is 0 Å². The quantitative estimate of drug-likeness (QED) is 0.145. The fourth-order valence-electron chi connectivity index (χ4n) is 10.4. The molecule has 1 aliphatic rings. The summed E-state index contributed by atoms with van der Waals surface area (Å²) in [6.07, 6.45) is 0. The highest BCUT2D eigenvalue weighted by atomic mass is 15.1. The molecule has 1 aliphatic carbocycles. The minimum atomic E-state index is -0.513. The fourth-order valence-corrected chi connectivity index (χ4v) is 10.4. The normalized spacial score (nSPS) is 12.6. The Balaban J connectivity index is 1.07. The van der Waals surface area contributed by atoms with E-state index < -0.39 is 5.41 Å². The molecule has 1 heteroatoms. The molecule has 1 nitrogen and oxygen atoms in total. The van der Waals surface area contributed by atoms with Gasteiger partial charge in [-0.3, -0.25) is 0 Å². The summed E-state index contributed by atoms with van der Waals surface area (Å²) in [5.41, 5.74) is 15.3. The first-order valence-corrected chi connectivity index (χ1v) is 21.5. The first kappa shape index (κ1) is 35.9. The van der Waals surface area contributed by atoms with Gasteiger partial charge in [-0.05, 0) is 119 Å². The monoisotopic (exact) mass is 787 g/mol.